The molecule has 0 unspecified atom stereocenters. The maximum Gasteiger partial charge on any atom is 0.151 e. The molecule has 14 heavy (non-hydrogen) atoms. The number of aromatic nitrogens is 3. The van der Waals surface area contributed by atoms with Crippen molar-refractivity contribution in [3.05, 3.63) is 41.2 Å². The Labute approximate surface area is 86.8 Å². The zero-order valence-corrected chi connectivity index (χ0v) is 8.36. The van der Waals surface area contributed by atoms with Crippen molar-refractivity contribution in [3.8, 4) is 11.4 Å². The highest BCUT2D eigenvalue weighted by atomic mass is 35.5. The van der Waals surface area contributed by atoms with Crippen molar-refractivity contribution in [2.45, 2.75) is 6.92 Å². The van der Waals surface area contributed by atoms with Crippen molar-refractivity contribution >= 4 is 11.6 Å². The zero-order valence-electron chi connectivity index (χ0n) is 7.61. The van der Waals surface area contributed by atoms with Crippen LogP contribution in [-0.2, 0) is 0 Å². The molecule has 2 heterocycles. The number of halogens is 1. The highest BCUT2D eigenvalue weighted by molar-refractivity contribution is 6.29. The third-order valence-electron chi connectivity index (χ3n) is 1.81. The van der Waals surface area contributed by atoms with Gasteiger partial charge in [0.15, 0.2) is 5.15 Å². The van der Waals surface area contributed by atoms with Crippen LogP contribution < -0.4 is 0 Å². The highest BCUT2D eigenvalue weighted by Crippen LogP contribution is 2.14. The van der Waals surface area contributed by atoms with E-state index >= 15 is 0 Å². The van der Waals surface area contributed by atoms with Gasteiger partial charge >= 0.3 is 0 Å². The molecule has 0 saturated heterocycles. The van der Waals surface area contributed by atoms with Crippen molar-refractivity contribution in [1.82, 2.24) is 15.2 Å². The number of hydrogen-bond donors (Lipinski definition) is 0. The Morgan fingerprint density at radius 2 is 1.79 bits per heavy atom. The van der Waals surface area contributed by atoms with Gasteiger partial charge in [0.2, 0.25) is 0 Å². The van der Waals surface area contributed by atoms with Gasteiger partial charge < -0.3 is 0 Å². The van der Waals surface area contributed by atoms with Crippen LogP contribution >= 0.6 is 11.6 Å². The molecule has 4 heteroatoms. The Bertz CT molecular complexity index is 379. The molecule has 2 aromatic rings. The molecular formula is C10H8ClN3. The fraction of sp³-hybridized carbons (Fsp3) is 0.100. The van der Waals surface area contributed by atoms with Crippen LogP contribution in [0, 0.1) is 6.92 Å². The lowest BCUT2D eigenvalue weighted by Crippen LogP contribution is -1.89. The highest BCUT2D eigenvalue weighted by Gasteiger charge is 2.00. The van der Waals surface area contributed by atoms with Crippen LogP contribution in [0.5, 0.6) is 0 Å². The van der Waals surface area contributed by atoms with Crippen molar-refractivity contribution in [2.24, 2.45) is 0 Å². The fourth-order valence-corrected chi connectivity index (χ4v) is 1.17. The van der Waals surface area contributed by atoms with Gasteiger partial charge in [-0.15, -0.1) is 10.2 Å². The predicted molar refractivity (Wildman–Crippen MR) is 55.0 cm³/mol. The van der Waals surface area contributed by atoms with Gasteiger partial charge in [-0.1, -0.05) is 17.7 Å². The van der Waals surface area contributed by atoms with Gasteiger partial charge in [0, 0.05) is 6.20 Å². The summed E-state index contributed by atoms with van der Waals surface area (Å²) in [7, 11) is 0. The Balaban J connectivity index is 2.40. The van der Waals surface area contributed by atoms with Gasteiger partial charge in [-0.2, -0.15) is 0 Å². The lowest BCUT2D eigenvalue weighted by atomic mass is 10.2. The third-order valence-corrected chi connectivity index (χ3v) is 2.01. The van der Waals surface area contributed by atoms with Gasteiger partial charge in [0.05, 0.1) is 5.69 Å². The first kappa shape index (κ1) is 9.09. The van der Waals surface area contributed by atoms with E-state index in [-0.39, 0.29) is 0 Å². The second-order valence-corrected chi connectivity index (χ2v) is 3.35. The zero-order chi connectivity index (χ0) is 9.97. The molecule has 0 fully saturated rings. The second kappa shape index (κ2) is 3.72. The molecule has 0 saturated carbocycles. The van der Waals surface area contributed by atoms with Gasteiger partial charge in [0.25, 0.3) is 0 Å². The molecule has 0 amide bonds. The van der Waals surface area contributed by atoms with Crippen molar-refractivity contribution in [3.63, 3.8) is 0 Å². The maximum atomic E-state index is 5.63. The molecule has 0 bridgehead atoms. The SMILES string of the molecule is Cc1ccc(-c2ccc(Cl)nn2)nc1. The fourth-order valence-electron chi connectivity index (χ4n) is 1.07. The Kier molecular flexibility index (Phi) is 2.41. The molecule has 0 spiro atoms. The lowest BCUT2D eigenvalue weighted by molar-refractivity contribution is 1.03. The maximum absolute atomic E-state index is 5.63. The molecule has 0 atom stereocenters. The number of hydrogen-bond acceptors (Lipinski definition) is 3. The third kappa shape index (κ3) is 1.88. The molecule has 70 valence electrons. The second-order valence-electron chi connectivity index (χ2n) is 2.96. The summed E-state index contributed by atoms with van der Waals surface area (Å²) in [6.45, 7) is 1.99. The predicted octanol–water partition coefficient (Wildman–Crippen LogP) is 2.50. The number of pyridine rings is 1. The summed E-state index contributed by atoms with van der Waals surface area (Å²) in [5.74, 6) is 0. The summed E-state index contributed by atoms with van der Waals surface area (Å²) < 4.78 is 0. The van der Waals surface area contributed by atoms with Crippen LogP contribution in [0.25, 0.3) is 11.4 Å². The molecule has 2 rings (SSSR count). The molecule has 0 aliphatic carbocycles. The largest absolute Gasteiger partial charge is 0.254 e. The molecule has 0 radical (unpaired) electrons. The smallest absolute Gasteiger partial charge is 0.151 e. The molecule has 0 aromatic carbocycles. The van der Waals surface area contributed by atoms with E-state index in [1.54, 1.807) is 18.3 Å². The van der Waals surface area contributed by atoms with Crippen LogP contribution in [0.2, 0.25) is 5.15 Å². The topological polar surface area (TPSA) is 38.7 Å². The van der Waals surface area contributed by atoms with Crippen molar-refractivity contribution in [2.75, 3.05) is 0 Å². The summed E-state index contributed by atoms with van der Waals surface area (Å²) in [6, 6.07) is 7.39. The summed E-state index contributed by atoms with van der Waals surface area (Å²) in [5, 5.41) is 8.08. The van der Waals surface area contributed by atoms with Crippen LogP contribution in [-0.4, -0.2) is 15.2 Å². The normalized spacial score (nSPS) is 10.1. The molecule has 0 aliphatic heterocycles. The summed E-state index contributed by atoms with van der Waals surface area (Å²) >= 11 is 5.63. The standard InChI is InChI=1S/C10H8ClN3/c1-7-2-3-8(12-6-7)9-4-5-10(11)14-13-9/h2-6H,1H3. The van der Waals surface area contributed by atoms with E-state index < -0.39 is 0 Å². The van der Waals surface area contributed by atoms with E-state index in [1.165, 1.54) is 0 Å². The Morgan fingerprint density at radius 1 is 1.00 bits per heavy atom. The minimum absolute atomic E-state index is 0.390. The minimum Gasteiger partial charge on any atom is -0.254 e. The van der Waals surface area contributed by atoms with Crippen molar-refractivity contribution < 1.29 is 0 Å². The van der Waals surface area contributed by atoms with Gasteiger partial charge in [-0.25, -0.2) is 0 Å². The van der Waals surface area contributed by atoms with E-state index in [9.17, 15) is 0 Å². The van der Waals surface area contributed by atoms with E-state index in [0.29, 0.717) is 5.15 Å². The minimum atomic E-state index is 0.390. The molecule has 2 aromatic heterocycles. The van der Waals surface area contributed by atoms with Crippen LogP contribution in [0.15, 0.2) is 30.5 Å². The molecule has 0 N–H and O–H groups in total. The molecular weight excluding hydrogens is 198 g/mol. The van der Waals surface area contributed by atoms with Crippen LogP contribution in [0.4, 0.5) is 0 Å². The summed E-state index contributed by atoms with van der Waals surface area (Å²) in [5.41, 5.74) is 2.66. The van der Waals surface area contributed by atoms with E-state index in [2.05, 4.69) is 15.2 Å². The average Bonchev–Trinajstić information content (AvgIpc) is 2.21. The van der Waals surface area contributed by atoms with Crippen molar-refractivity contribution in [1.29, 1.82) is 0 Å². The molecule has 0 aliphatic rings. The average molecular weight is 206 g/mol. The first-order valence-corrected chi connectivity index (χ1v) is 4.56. The van der Waals surface area contributed by atoms with Gasteiger partial charge in [-0.3, -0.25) is 4.98 Å². The van der Waals surface area contributed by atoms with Gasteiger partial charge in [-0.05, 0) is 30.7 Å². The van der Waals surface area contributed by atoms with Crippen LogP contribution in [0.3, 0.4) is 0 Å². The van der Waals surface area contributed by atoms with E-state index in [0.717, 1.165) is 17.0 Å². The molecule has 3 nitrogen and oxygen atoms in total. The quantitative estimate of drug-likeness (QED) is 0.718. The Morgan fingerprint density at radius 3 is 2.36 bits per heavy atom. The summed E-state index contributed by atoms with van der Waals surface area (Å²) in [4.78, 5) is 4.23. The number of nitrogens with zero attached hydrogens (tertiary/aromatic N) is 3. The Hall–Kier alpha value is -1.48. The van der Waals surface area contributed by atoms with Gasteiger partial charge in [0.1, 0.15) is 5.69 Å². The van der Waals surface area contributed by atoms with E-state index in [4.69, 9.17) is 11.6 Å². The number of rotatable bonds is 1. The monoisotopic (exact) mass is 205 g/mol. The summed E-state index contributed by atoms with van der Waals surface area (Å²) in [6.07, 6.45) is 1.80. The first-order chi connectivity index (χ1) is 6.75. The van der Waals surface area contributed by atoms with E-state index in [1.807, 2.05) is 19.1 Å². The van der Waals surface area contributed by atoms with Crippen LogP contribution in [0.1, 0.15) is 5.56 Å². The first-order valence-electron chi connectivity index (χ1n) is 4.18. The number of aryl methyl sites for hydroxylation is 1. The lowest BCUT2D eigenvalue weighted by Gasteiger charge is -1.98.